The number of hydrogen-bond donors (Lipinski definition) is 2. The number of fused-ring (bicyclic) bond motifs is 2. The number of benzene rings is 1. The molecule has 3 aromatic rings. The molecule has 0 radical (unpaired) electrons. The van der Waals surface area contributed by atoms with Gasteiger partial charge in [0.05, 0.1) is 11.4 Å². The maximum Gasteiger partial charge on any atom is 0.276 e. The van der Waals surface area contributed by atoms with Crippen molar-refractivity contribution in [2.24, 2.45) is 0 Å². The summed E-state index contributed by atoms with van der Waals surface area (Å²) in [4.78, 5) is 20.2. The van der Waals surface area contributed by atoms with Gasteiger partial charge in [0.1, 0.15) is 0 Å². The summed E-state index contributed by atoms with van der Waals surface area (Å²) in [6, 6.07) is 12.8. The Morgan fingerprint density at radius 1 is 1.19 bits per heavy atom. The van der Waals surface area contributed by atoms with Crippen molar-refractivity contribution in [1.82, 2.24) is 24.8 Å². The van der Waals surface area contributed by atoms with Crippen molar-refractivity contribution in [3.63, 3.8) is 0 Å². The fraction of sp³-hybridized carbons (Fsp3) is 0.429. The van der Waals surface area contributed by atoms with Gasteiger partial charge < -0.3 is 5.32 Å². The lowest BCUT2D eigenvalue weighted by atomic mass is 10.0. The average molecular weight is 363 g/mol. The van der Waals surface area contributed by atoms with Crippen molar-refractivity contribution in [3.8, 4) is 0 Å². The molecule has 1 saturated heterocycles. The second-order valence-electron chi connectivity index (χ2n) is 7.70. The van der Waals surface area contributed by atoms with Crippen LogP contribution in [0.2, 0.25) is 0 Å². The molecule has 140 valence electrons. The van der Waals surface area contributed by atoms with Crippen molar-refractivity contribution >= 4 is 5.65 Å². The number of aromatic nitrogens is 3. The van der Waals surface area contributed by atoms with Crippen LogP contribution in [0, 0.1) is 0 Å². The topological polar surface area (TPSA) is 65.4 Å². The van der Waals surface area contributed by atoms with Gasteiger partial charge in [-0.15, -0.1) is 0 Å². The Balaban J connectivity index is 1.44. The van der Waals surface area contributed by atoms with Crippen LogP contribution in [0.4, 0.5) is 0 Å². The fourth-order valence-corrected chi connectivity index (χ4v) is 4.34. The van der Waals surface area contributed by atoms with Crippen LogP contribution >= 0.6 is 0 Å². The average Bonchev–Trinajstić information content (AvgIpc) is 3.14. The monoisotopic (exact) mass is 363 g/mol. The number of hydrogen-bond acceptors (Lipinski definition) is 4. The Bertz CT molecular complexity index is 1000. The Morgan fingerprint density at radius 2 is 2.07 bits per heavy atom. The van der Waals surface area contributed by atoms with Crippen LogP contribution in [0.1, 0.15) is 47.8 Å². The van der Waals surface area contributed by atoms with E-state index in [2.05, 4.69) is 39.6 Å². The Labute approximate surface area is 158 Å². The first-order chi connectivity index (χ1) is 13.3. The summed E-state index contributed by atoms with van der Waals surface area (Å²) in [5.74, 6) is 0. The maximum atomic E-state index is 13.0. The zero-order chi connectivity index (χ0) is 18.2. The molecule has 0 spiro atoms. The third-order valence-electron chi connectivity index (χ3n) is 5.80. The summed E-state index contributed by atoms with van der Waals surface area (Å²) >= 11 is 0. The number of aromatic amines is 1. The van der Waals surface area contributed by atoms with Gasteiger partial charge in [-0.05, 0) is 31.4 Å². The number of piperidine rings is 1. The van der Waals surface area contributed by atoms with Crippen molar-refractivity contribution in [2.75, 3.05) is 13.1 Å². The van der Waals surface area contributed by atoms with Crippen LogP contribution in [0.5, 0.6) is 0 Å². The molecule has 1 fully saturated rings. The summed E-state index contributed by atoms with van der Waals surface area (Å²) in [5.41, 5.74) is 4.97. The van der Waals surface area contributed by atoms with Gasteiger partial charge in [-0.2, -0.15) is 0 Å². The standard InChI is InChI=1S/C21H25N5O/c27-21-16-9-11-25(13-15-6-2-1-3-7-15)14-19(16)23-20-12-18(24-26(20)21)17-8-4-5-10-22-17/h1-3,6-7,12,17,22,24H,4-5,8-11,13-14H2. The lowest BCUT2D eigenvalue weighted by Crippen LogP contribution is -2.36. The van der Waals surface area contributed by atoms with E-state index in [9.17, 15) is 4.79 Å². The van der Waals surface area contributed by atoms with Gasteiger partial charge in [-0.1, -0.05) is 36.8 Å². The van der Waals surface area contributed by atoms with E-state index in [1.165, 1.54) is 18.4 Å². The molecule has 0 aliphatic carbocycles. The molecule has 2 aliphatic heterocycles. The summed E-state index contributed by atoms with van der Waals surface area (Å²) in [6.45, 7) is 3.56. The van der Waals surface area contributed by atoms with Gasteiger partial charge in [-0.25, -0.2) is 9.50 Å². The van der Waals surface area contributed by atoms with Gasteiger partial charge >= 0.3 is 0 Å². The molecule has 0 saturated carbocycles. The number of H-pyrrole nitrogens is 1. The highest BCUT2D eigenvalue weighted by Gasteiger charge is 2.24. The molecule has 0 bridgehead atoms. The molecule has 5 rings (SSSR count). The summed E-state index contributed by atoms with van der Waals surface area (Å²) in [6.07, 6.45) is 4.31. The largest absolute Gasteiger partial charge is 0.309 e. The summed E-state index contributed by atoms with van der Waals surface area (Å²) in [7, 11) is 0. The van der Waals surface area contributed by atoms with Gasteiger partial charge in [0, 0.05) is 37.3 Å². The van der Waals surface area contributed by atoms with Crippen molar-refractivity contribution in [3.05, 3.63) is 69.3 Å². The normalized spacial score (nSPS) is 20.7. The van der Waals surface area contributed by atoms with E-state index in [1.807, 2.05) is 12.1 Å². The molecular formula is C21H25N5O. The molecule has 27 heavy (non-hydrogen) atoms. The zero-order valence-corrected chi connectivity index (χ0v) is 15.4. The van der Waals surface area contributed by atoms with Crippen LogP contribution in [0.25, 0.3) is 5.65 Å². The van der Waals surface area contributed by atoms with Gasteiger partial charge in [0.2, 0.25) is 0 Å². The van der Waals surface area contributed by atoms with E-state index < -0.39 is 0 Å². The molecule has 2 aromatic heterocycles. The minimum absolute atomic E-state index is 0.0661. The predicted octanol–water partition coefficient (Wildman–Crippen LogP) is 2.40. The predicted molar refractivity (Wildman–Crippen MR) is 105 cm³/mol. The summed E-state index contributed by atoms with van der Waals surface area (Å²) < 4.78 is 1.64. The first kappa shape index (κ1) is 16.7. The lowest BCUT2D eigenvalue weighted by molar-refractivity contribution is 0.240. The van der Waals surface area contributed by atoms with E-state index in [-0.39, 0.29) is 5.56 Å². The van der Waals surface area contributed by atoms with Gasteiger partial charge in [-0.3, -0.25) is 14.8 Å². The molecule has 1 aromatic carbocycles. The fourth-order valence-electron chi connectivity index (χ4n) is 4.34. The van der Waals surface area contributed by atoms with Gasteiger partial charge in [0.15, 0.2) is 5.65 Å². The number of rotatable bonds is 3. The van der Waals surface area contributed by atoms with E-state index in [1.54, 1.807) is 4.52 Å². The van der Waals surface area contributed by atoms with E-state index in [0.29, 0.717) is 6.04 Å². The molecular weight excluding hydrogens is 338 g/mol. The van der Waals surface area contributed by atoms with Gasteiger partial charge in [0.25, 0.3) is 5.56 Å². The molecule has 6 nitrogen and oxygen atoms in total. The Hall–Kier alpha value is -2.44. The quantitative estimate of drug-likeness (QED) is 0.750. The first-order valence-corrected chi connectivity index (χ1v) is 9.91. The highest BCUT2D eigenvalue weighted by molar-refractivity contribution is 5.43. The van der Waals surface area contributed by atoms with E-state index in [4.69, 9.17) is 4.98 Å². The minimum atomic E-state index is 0.0661. The SMILES string of the molecule is O=c1c2c(nc3cc(C4CCCCN4)[nH]n13)CN(Cc1ccccc1)CC2. The van der Waals surface area contributed by atoms with Crippen LogP contribution < -0.4 is 10.9 Å². The second kappa shape index (κ2) is 6.94. The minimum Gasteiger partial charge on any atom is -0.309 e. The molecule has 4 heterocycles. The smallest absolute Gasteiger partial charge is 0.276 e. The number of nitrogens with zero attached hydrogens (tertiary/aromatic N) is 3. The third kappa shape index (κ3) is 3.19. The zero-order valence-electron chi connectivity index (χ0n) is 15.4. The number of nitrogens with one attached hydrogen (secondary N) is 2. The van der Waals surface area contributed by atoms with Crippen molar-refractivity contribution in [1.29, 1.82) is 0 Å². The molecule has 0 amide bonds. The molecule has 2 N–H and O–H groups in total. The maximum absolute atomic E-state index is 13.0. The Morgan fingerprint density at radius 3 is 2.89 bits per heavy atom. The molecule has 2 aliphatic rings. The summed E-state index contributed by atoms with van der Waals surface area (Å²) in [5, 5.41) is 6.84. The van der Waals surface area contributed by atoms with E-state index >= 15 is 0 Å². The van der Waals surface area contributed by atoms with Crippen molar-refractivity contribution in [2.45, 2.75) is 44.8 Å². The highest BCUT2D eigenvalue weighted by atomic mass is 16.1. The highest BCUT2D eigenvalue weighted by Crippen LogP contribution is 2.23. The van der Waals surface area contributed by atoms with Crippen LogP contribution in [0.15, 0.2) is 41.2 Å². The van der Waals surface area contributed by atoms with Crippen LogP contribution in [0.3, 0.4) is 0 Å². The third-order valence-corrected chi connectivity index (χ3v) is 5.80. The molecule has 1 unspecified atom stereocenters. The van der Waals surface area contributed by atoms with Crippen LogP contribution in [-0.4, -0.2) is 32.6 Å². The molecule has 6 heteroatoms. The first-order valence-electron chi connectivity index (χ1n) is 9.91. The van der Waals surface area contributed by atoms with Crippen LogP contribution in [-0.2, 0) is 19.5 Å². The lowest BCUT2D eigenvalue weighted by Gasteiger charge is -2.27. The second-order valence-corrected chi connectivity index (χ2v) is 7.70. The van der Waals surface area contributed by atoms with Crippen molar-refractivity contribution < 1.29 is 0 Å². The van der Waals surface area contributed by atoms with E-state index in [0.717, 1.165) is 61.6 Å². The Kier molecular flexibility index (Phi) is 4.30. The molecule has 1 atom stereocenters.